The molecule has 10 nitrogen and oxygen atoms in total. The quantitative estimate of drug-likeness (QED) is 0.220. The molecule has 1 saturated heterocycles. The predicted molar refractivity (Wildman–Crippen MR) is 96.3 cm³/mol. The topological polar surface area (TPSA) is 170 Å². The summed E-state index contributed by atoms with van der Waals surface area (Å²) in [5, 5.41) is 27.3. The van der Waals surface area contributed by atoms with Gasteiger partial charge in [0.25, 0.3) is 10.2 Å². The molecule has 168 valence electrons. The highest BCUT2D eigenvalue weighted by Gasteiger charge is 2.61. The lowest BCUT2D eigenvalue weighted by Gasteiger charge is -2.36. The number of hydrogen-bond acceptors (Lipinski definition) is 7. The first-order valence-corrected chi connectivity index (χ1v) is 10.5. The summed E-state index contributed by atoms with van der Waals surface area (Å²) in [5.74, 6) is -2.56. The fourth-order valence-electron chi connectivity index (χ4n) is 3.68. The van der Waals surface area contributed by atoms with Crippen LogP contribution in [0.1, 0.15) is 32.6 Å². The molecule has 0 aromatic rings. The highest BCUT2D eigenvalue weighted by molar-refractivity contribution is 7.86. The summed E-state index contributed by atoms with van der Waals surface area (Å²) in [6, 6.07) is -1.58. The number of nitrogens with zero attached hydrogens (tertiary/aromatic N) is 2. The minimum atomic E-state index is -5.26. The van der Waals surface area contributed by atoms with Gasteiger partial charge in [-0.25, -0.2) is 0 Å². The Hall–Kier alpha value is -0.965. The van der Waals surface area contributed by atoms with Gasteiger partial charge in [-0.1, -0.05) is 10.7 Å². The molecule has 3 atom stereocenters. The minimum absolute atomic E-state index is 0.00512. The fraction of sp³-hybridized carbons (Fsp3) is 0.929. The van der Waals surface area contributed by atoms with Gasteiger partial charge in [-0.05, 0) is 32.5 Å². The Bertz CT molecular complexity index is 735. The number of nitrogens with two attached hydrogens (primary N) is 2. The monoisotopic (exact) mass is 446 g/mol. The Morgan fingerprint density at radius 1 is 1.34 bits per heavy atom. The van der Waals surface area contributed by atoms with Crippen molar-refractivity contribution >= 4 is 23.3 Å². The van der Waals surface area contributed by atoms with Crippen molar-refractivity contribution < 1.29 is 41.5 Å². The molecule has 0 bridgehead atoms. The van der Waals surface area contributed by atoms with Crippen molar-refractivity contribution in [3.05, 3.63) is 0 Å². The number of carboxylic acids is 1. The molecule has 0 spiro atoms. The van der Waals surface area contributed by atoms with E-state index in [4.69, 9.17) is 21.5 Å². The van der Waals surface area contributed by atoms with Crippen LogP contribution in [0.25, 0.3) is 0 Å². The van der Waals surface area contributed by atoms with Gasteiger partial charge in [-0.3, -0.25) is 4.79 Å². The molecule has 1 unspecified atom stereocenters. The second-order valence-electron chi connectivity index (χ2n) is 7.93. The van der Waals surface area contributed by atoms with Crippen LogP contribution in [0, 0.1) is 5.92 Å². The van der Waals surface area contributed by atoms with E-state index in [0.29, 0.717) is 4.31 Å². The first kappa shape index (κ1) is 24.3. The summed E-state index contributed by atoms with van der Waals surface area (Å²) < 4.78 is 66.6. The minimum Gasteiger partial charge on any atom is -0.480 e. The van der Waals surface area contributed by atoms with Crippen LogP contribution in [0.2, 0.25) is 6.32 Å². The van der Waals surface area contributed by atoms with Crippen LogP contribution in [-0.2, 0) is 15.0 Å². The largest absolute Gasteiger partial charge is 0.480 e. The van der Waals surface area contributed by atoms with Gasteiger partial charge in [0.2, 0.25) is 0 Å². The lowest BCUT2D eigenvalue weighted by molar-refractivity contribution is -0.223. The molecule has 2 aliphatic rings. The summed E-state index contributed by atoms with van der Waals surface area (Å²) >= 11 is 0. The molecule has 0 aromatic heterocycles. The third-order valence-electron chi connectivity index (χ3n) is 5.84. The molecular weight excluding hydrogens is 420 g/mol. The Balaban J connectivity index is 2.31. The third kappa shape index (κ3) is 4.86. The van der Waals surface area contributed by atoms with E-state index in [-0.39, 0.29) is 32.0 Å². The maximum atomic E-state index is 13.7. The SMILES string of the molecule is CC(N(C(F)(F)F)S(=O)(=O)N1C[C@H](CCCB(O)O)[C@](N)(C(=O)O)C1)C1(N)CC1. The number of hydrogen-bond donors (Lipinski definition) is 5. The van der Waals surface area contributed by atoms with E-state index in [2.05, 4.69) is 0 Å². The maximum Gasteiger partial charge on any atom is 0.474 e. The number of carbonyl (C=O) groups is 1. The Kier molecular flexibility index (Phi) is 6.66. The predicted octanol–water partition coefficient (Wildman–Crippen LogP) is -1.10. The van der Waals surface area contributed by atoms with Crippen LogP contribution in [-0.4, -0.2) is 81.8 Å². The molecule has 1 aliphatic carbocycles. The molecule has 15 heteroatoms. The van der Waals surface area contributed by atoms with Crippen molar-refractivity contribution in [2.45, 2.75) is 62.3 Å². The zero-order valence-electron chi connectivity index (χ0n) is 15.8. The Morgan fingerprint density at radius 2 is 1.90 bits per heavy atom. The summed E-state index contributed by atoms with van der Waals surface area (Å²) in [6.45, 7) is -0.307. The summed E-state index contributed by atoms with van der Waals surface area (Å²) in [6.07, 6.45) is -4.80. The molecule has 2 fully saturated rings. The molecule has 7 N–H and O–H groups in total. The van der Waals surface area contributed by atoms with Crippen LogP contribution in [0.3, 0.4) is 0 Å². The first-order chi connectivity index (χ1) is 13.1. The van der Waals surface area contributed by atoms with Gasteiger partial charge in [0.15, 0.2) is 0 Å². The van der Waals surface area contributed by atoms with Crippen molar-refractivity contribution in [3.8, 4) is 0 Å². The van der Waals surface area contributed by atoms with Gasteiger partial charge in [0.1, 0.15) is 5.54 Å². The second-order valence-corrected chi connectivity index (χ2v) is 9.73. The average molecular weight is 446 g/mol. The van der Waals surface area contributed by atoms with Gasteiger partial charge >= 0.3 is 19.4 Å². The van der Waals surface area contributed by atoms with Gasteiger partial charge in [0.05, 0.1) is 0 Å². The van der Waals surface area contributed by atoms with E-state index < -0.39 is 70.0 Å². The summed E-state index contributed by atoms with van der Waals surface area (Å²) in [5.41, 5.74) is 8.29. The number of halogens is 3. The third-order valence-corrected chi connectivity index (χ3v) is 7.79. The number of rotatable bonds is 9. The van der Waals surface area contributed by atoms with Gasteiger partial charge < -0.3 is 26.6 Å². The maximum absolute atomic E-state index is 13.7. The molecule has 1 saturated carbocycles. The summed E-state index contributed by atoms with van der Waals surface area (Å²) in [4.78, 5) is 11.7. The molecule has 0 amide bonds. The fourth-order valence-corrected chi connectivity index (χ4v) is 5.54. The van der Waals surface area contributed by atoms with Crippen molar-refractivity contribution in [1.82, 2.24) is 8.61 Å². The smallest absolute Gasteiger partial charge is 0.474 e. The van der Waals surface area contributed by atoms with Crippen molar-refractivity contribution in [3.63, 3.8) is 0 Å². The van der Waals surface area contributed by atoms with E-state index in [1.807, 2.05) is 0 Å². The highest BCUT2D eigenvalue weighted by atomic mass is 32.2. The molecule has 0 aromatic carbocycles. The van der Waals surface area contributed by atoms with E-state index >= 15 is 0 Å². The van der Waals surface area contributed by atoms with E-state index in [0.717, 1.165) is 6.92 Å². The van der Waals surface area contributed by atoms with Crippen molar-refractivity contribution in [1.29, 1.82) is 0 Å². The van der Waals surface area contributed by atoms with Crippen molar-refractivity contribution in [2.75, 3.05) is 13.1 Å². The van der Waals surface area contributed by atoms with Gasteiger partial charge in [-0.2, -0.15) is 25.9 Å². The lowest BCUT2D eigenvalue weighted by atomic mass is 9.78. The van der Waals surface area contributed by atoms with Crippen LogP contribution < -0.4 is 11.5 Å². The van der Waals surface area contributed by atoms with Crippen LogP contribution in [0.5, 0.6) is 0 Å². The van der Waals surface area contributed by atoms with Crippen LogP contribution in [0.15, 0.2) is 0 Å². The Morgan fingerprint density at radius 3 is 2.31 bits per heavy atom. The van der Waals surface area contributed by atoms with Crippen molar-refractivity contribution in [2.24, 2.45) is 17.4 Å². The van der Waals surface area contributed by atoms with Crippen LogP contribution >= 0.6 is 0 Å². The molecule has 29 heavy (non-hydrogen) atoms. The first-order valence-electron chi connectivity index (χ1n) is 9.09. The zero-order chi connectivity index (χ0) is 22.4. The molecule has 2 rings (SSSR count). The Labute approximate surface area is 167 Å². The van der Waals surface area contributed by atoms with E-state index in [9.17, 15) is 31.5 Å². The van der Waals surface area contributed by atoms with E-state index in [1.165, 1.54) is 0 Å². The highest BCUT2D eigenvalue weighted by Crippen LogP contribution is 2.44. The number of alkyl halides is 3. The molecular formula is C14H26BF3N4O6S. The lowest BCUT2D eigenvalue weighted by Crippen LogP contribution is -2.60. The van der Waals surface area contributed by atoms with Gasteiger partial charge in [0, 0.05) is 30.6 Å². The number of carboxylic acid groups (broad SMARTS) is 1. The second kappa shape index (κ2) is 7.94. The van der Waals surface area contributed by atoms with Crippen LogP contribution in [0.4, 0.5) is 13.2 Å². The molecule has 0 radical (unpaired) electrons. The normalized spacial score (nSPS) is 28.5. The summed E-state index contributed by atoms with van der Waals surface area (Å²) in [7, 11) is -6.80. The molecule has 1 heterocycles. The van der Waals surface area contributed by atoms with Gasteiger partial charge in [-0.15, -0.1) is 0 Å². The number of aliphatic carboxylic acids is 1. The standard InChI is InChI=1S/C14H26BF3N4O6S/c1-9(12(19)4-5-12)22(14(16,17)18)29(27,28)21-7-10(3-2-6-15(25)26)13(20,8-21)11(23)24/h9-10,25-26H,2-8,19-20H2,1H3,(H,23,24)/t9?,10-,13-/m0/s1. The molecule has 1 aliphatic heterocycles. The average Bonchev–Trinajstić information content (AvgIpc) is 3.19. The van der Waals surface area contributed by atoms with E-state index in [1.54, 1.807) is 0 Å². The zero-order valence-corrected chi connectivity index (χ0v) is 16.7.